The number of hydrogen-bond acceptors (Lipinski definition) is 5. The summed E-state index contributed by atoms with van der Waals surface area (Å²) < 4.78 is 1.96. The number of piperidine rings is 2. The first-order chi connectivity index (χ1) is 10.8. The second-order valence-electron chi connectivity index (χ2n) is 6.34. The molecule has 0 spiro atoms. The van der Waals surface area contributed by atoms with Gasteiger partial charge in [-0.1, -0.05) is 0 Å². The van der Waals surface area contributed by atoms with Crippen LogP contribution in [0.4, 0.5) is 5.82 Å². The van der Waals surface area contributed by atoms with Crippen LogP contribution in [0.5, 0.6) is 0 Å². The summed E-state index contributed by atoms with van der Waals surface area (Å²) in [6.07, 6.45) is 7.52. The molecule has 0 amide bonds. The zero-order valence-corrected chi connectivity index (χ0v) is 12.9. The summed E-state index contributed by atoms with van der Waals surface area (Å²) in [5.41, 5.74) is 0.825. The molecule has 22 heavy (non-hydrogen) atoms. The predicted molar refractivity (Wildman–Crippen MR) is 85.6 cm³/mol. The van der Waals surface area contributed by atoms with Gasteiger partial charge in [-0.2, -0.15) is 0 Å². The summed E-state index contributed by atoms with van der Waals surface area (Å²) in [5, 5.41) is 12.5. The standard InChI is InChI=1S/C16H22N6/c1-21-10-8-18-16(21)14-4-5-15(20-19-14)22-9-6-13-12(11-22)3-2-7-17-13/h4-5,8,10,12-13,17H,2-3,6-7,9,11H2,1H3/t12-,13+/m1/s1. The highest BCUT2D eigenvalue weighted by Crippen LogP contribution is 2.27. The molecular formula is C16H22N6. The van der Waals surface area contributed by atoms with Gasteiger partial charge in [0.05, 0.1) is 0 Å². The lowest BCUT2D eigenvalue weighted by Crippen LogP contribution is -2.52. The third kappa shape index (κ3) is 2.47. The van der Waals surface area contributed by atoms with Crippen LogP contribution in [0.15, 0.2) is 24.5 Å². The summed E-state index contributed by atoms with van der Waals surface area (Å²) in [5.74, 6) is 2.59. The van der Waals surface area contributed by atoms with Gasteiger partial charge >= 0.3 is 0 Å². The van der Waals surface area contributed by atoms with Crippen molar-refractivity contribution in [3.63, 3.8) is 0 Å². The lowest BCUT2D eigenvalue weighted by atomic mass is 9.85. The highest BCUT2D eigenvalue weighted by Gasteiger charge is 2.31. The molecule has 2 aliphatic rings. The van der Waals surface area contributed by atoms with Gasteiger partial charge in [0.25, 0.3) is 0 Å². The molecule has 2 aliphatic heterocycles. The molecule has 2 aromatic rings. The average molecular weight is 298 g/mol. The van der Waals surface area contributed by atoms with Gasteiger partial charge < -0.3 is 14.8 Å². The van der Waals surface area contributed by atoms with E-state index in [2.05, 4.69) is 31.5 Å². The van der Waals surface area contributed by atoms with E-state index in [0.29, 0.717) is 6.04 Å². The maximum absolute atomic E-state index is 4.44. The first-order valence-electron chi connectivity index (χ1n) is 8.11. The average Bonchev–Trinajstić information content (AvgIpc) is 3.01. The maximum Gasteiger partial charge on any atom is 0.160 e. The molecule has 4 heterocycles. The molecule has 1 N–H and O–H groups in total. The molecule has 0 bridgehead atoms. The number of aryl methyl sites for hydroxylation is 1. The van der Waals surface area contributed by atoms with Crippen LogP contribution in [-0.2, 0) is 7.05 Å². The molecule has 0 radical (unpaired) electrons. The van der Waals surface area contributed by atoms with E-state index in [1.807, 2.05) is 23.9 Å². The Morgan fingerprint density at radius 2 is 2.18 bits per heavy atom. The zero-order valence-electron chi connectivity index (χ0n) is 12.9. The molecule has 2 fully saturated rings. The highest BCUT2D eigenvalue weighted by molar-refractivity contribution is 5.52. The molecule has 116 valence electrons. The van der Waals surface area contributed by atoms with Crippen molar-refractivity contribution in [3.05, 3.63) is 24.5 Å². The van der Waals surface area contributed by atoms with Crippen molar-refractivity contribution in [2.75, 3.05) is 24.5 Å². The van der Waals surface area contributed by atoms with Gasteiger partial charge in [0, 0.05) is 38.6 Å². The largest absolute Gasteiger partial charge is 0.355 e. The molecule has 2 aromatic heterocycles. The van der Waals surface area contributed by atoms with Crippen LogP contribution in [0.25, 0.3) is 11.5 Å². The van der Waals surface area contributed by atoms with Gasteiger partial charge in [0.2, 0.25) is 0 Å². The van der Waals surface area contributed by atoms with Crippen LogP contribution in [0.2, 0.25) is 0 Å². The fourth-order valence-electron chi connectivity index (χ4n) is 3.68. The van der Waals surface area contributed by atoms with Gasteiger partial charge in [-0.05, 0) is 43.9 Å². The predicted octanol–water partition coefficient (Wildman–Crippen LogP) is 1.46. The Hall–Kier alpha value is -1.95. The van der Waals surface area contributed by atoms with Crippen molar-refractivity contribution >= 4 is 5.82 Å². The minimum atomic E-state index is 0.699. The minimum Gasteiger partial charge on any atom is -0.355 e. The minimum absolute atomic E-state index is 0.699. The molecule has 0 aromatic carbocycles. The normalized spacial score (nSPS) is 25.0. The third-order valence-corrected chi connectivity index (χ3v) is 4.92. The first-order valence-corrected chi connectivity index (χ1v) is 8.11. The highest BCUT2D eigenvalue weighted by atomic mass is 15.3. The van der Waals surface area contributed by atoms with E-state index >= 15 is 0 Å². The lowest BCUT2D eigenvalue weighted by molar-refractivity contribution is 0.243. The second kappa shape index (κ2) is 5.68. The number of fused-ring (bicyclic) bond motifs is 1. The van der Waals surface area contributed by atoms with E-state index in [1.54, 1.807) is 6.20 Å². The number of aromatic nitrogens is 4. The Kier molecular flexibility index (Phi) is 3.54. The van der Waals surface area contributed by atoms with Gasteiger partial charge in [-0.25, -0.2) is 4.98 Å². The first kappa shape index (κ1) is 13.7. The number of rotatable bonds is 2. The van der Waals surface area contributed by atoms with Crippen molar-refractivity contribution in [1.29, 1.82) is 0 Å². The fourth-order valence-corrected chi connectivity index (χ4v) is 3.68. The number of nitrogens with one attached hydrogen (secondary N) is 1. The van der Waals surface area contributed by atoms with Crippen LogP contribution >= 0.6 is 0 Å². The Balaban J connectivity index is 1.50. The third-order valence-electron chi connectivity index (χ3n) is 4.92. The summed E-state index contributed by atoms with van der Waals surface area (Å²) in [6.45, 7) is 3.33. The van der Waals surface area contributed by atoms with Gasteiger partial charge in [0.1, 0.15) is 5.69 Å². The number of anilines is 1. The van der Waals surface area contributed by atoms with Crippen LogP contribution in [0.1, 0.15) is 19.3 Å². The number of hydrogen-bond donors (Lipinski definition) is 1. The van der Waals surface area contributed by atoms with Gasteiger partial charge in [-0.15, -0.1) is 10.2 Å². The molecule has 0 saturated carbocycles. The van der Waals surface area contributed by atoms with Crippen molar-refractivity contribution in [3.8, 4) is 11.5 Å². The smallest absolute Gasteiger partial charge is 0.160 e. The van der Waals surface area contributed by atoms with E-state index in [4.69, 9.17) is 0 Å². The number of imidazole rings is 1. The Bertz CT molecular complexity index is 634. The van der Waals surface area contributed by atoms with Crippen molar-refractivity contribution in [1.82, 2.24) is 25.1 Å². The molecule has 4 rings (SSSR count). The Labute approximate surface area is 130 Å². The summed E-state index contributed by atoms with van der Waals surface area (Å²) in [4.78, 5) is 6.70. The number of nitrogens with zero attached hydrogens (tertiary/aromatic N) is 5. The summed E-state index contributed by atoms with van der Waals surface area (Å²) >= 11 is 0. The SMILES string of the molecule is Cn1ccnc1-c1ccc(N2CC[C@@H]3NCCC[C@@H]3C2)nn1. The zero-order chi connectivity index (χ0) is 14.9. The van der Waals surface area contributed by atoms with Crippen LogP contribution in [-0.4, -0.2) is 45.4 Å². The van der Waals surface area contributed by atoms with E-state index in [9.17, 15) is 0 Å². The van der Waals surface area contributed by atoms with Crippen molar-refractivity contribution in [2.45, 2.75) is 25.3 Å². The van der Waals surface area contributed by atoms with E-state index in [-0.39, 0.29) is 0 Å². The Morgan fingerprint density at radius 1 is 1.23 bits per heavy atom. The van der Waals surface area contributed by atoms with Crippen molar-refractivity contribution < 1.29 is 0 Å². The molecule has 2 saturated heterocycles. The topological polar surface area (TPSA) is 58.9 Å². The van der Waals surface area contributed by atoms with Crippen LogP contribution < -0.4 is 10.2 Å². The molecule has 2 atom stereocenters. The van der Waals surface area contributed by atoms with Gasteiger partial charge in [0.15, 0.2) is 11.6 Å². The second-order valence-corrected chi connectivity index (χ2v) is 6.34. The molecule has 6 heteroatoms. The van der Waals surface area contributed by atoms with E-state index in [1.165, 1.54) is 25.8 Å². The van der Waals surface area contributed by atoms with Crippen LogP contribution in [0.3, 0.4) is 0 Å². The van der Waals surface area contributed by atoms with Crippen molar-refractivity contribution in [2.24, 2.45) is 13.0 Å². The summed E-state index contributed by atoms with van der Waals surface area (Å²) in [6, 6.07) is 4.80. The molecular weight excluding hydrogens is 276 g/mol. The maximum atomic E-state index is 4.44. The molecule has 0 aliphatic carbocycles. The quantitative estimate of drug-likeness (QED) is 0.909. The van der Waals surface area contributed by atoms with E-state index in [0.717, 1.165) is 36.3 Å². The lowest BCUT2D eigenvalue weighted by Gasteiger charge is -2.42. The Morgan fingerprint density at radius 3 is 2.95 bits per heavy atom. The fraction of sp³-hybridized carbons (Fsp3) is 0.562. The molecule has 0 unspecified atom stereocenters. The van der Waals surface area contributed by atoms with Crippen LogP contribution in [0, 0.1) is 5.92 Å². The van der Waals surface area contributed by atoms with E-state index < -0.39 is 0 Å². The monoisotopic (exact) mass is 298 g/mol. The van der Waals surface area contributed by atoms with Gasteiger partial charge in [-0.3, -0.25) is 0 Å². The summed E-state index contributed by atoms with van der Waals surface area (Å²) in [7, 11) is 1.97. The molecule has 6 nitrogen and oxygen atoms in total.